The van der Waals surface area contributed by atoms with E-state index < -0.39 is 23.8 Å². The van der Waals surface area contributed by atoms with Crippen LogP contribution in [0, 0.1) is 5.92 Å². The fourth-order valence-corrected chi connectivity index (χ4v) is 6.90. The minimum absolute atomic E-state index is 0.0131. The zero-order valence-electron chi connectivity index (χ0n) is 21.3. The SMILES string of the molecule is O=C(CC1=NC2C(C(F)(F)F)=CC=CC2N1)NC1CN(C2CCOCC2)C[C@@H]1CC1CCc2ccncc21. The minimum Gasteiger partial charge on any atom is -0.381 e. The Balaban J connectivity index is 1.13. The van der Waals surface area contributed by atoms with Gasteiger partial charge in [0, 0.05) is 50.8 Å². The fraction of sp³-hybridized carbons (Fsp3) is 0.607. The number of likely N-dealkylation sites (tertiary alicyclic amines) is 1. The molecule has 5 atom stereocenters. The maximum Gasteiger partial charge on any atom is 0.414 e. The smallest absolute Gasteiger partial charge is 0.381 e. The molecule has 0 spiro atoms. The van der Waals surface area contributed by atoms with Crippen molar-refractivity contribution in [1.82, 2.24) is 20.5 Å². The molecule has 0 saturated carbocycles. The first-order valence-electron chi connectivity index (χ1n) is 13.7. The van der Waals surface area contributed by atoms with Crippen LogP contribution in [0.3, 0.4) is 0 Å². The van der Waals surface area contributed by atoms with E-state index in [0.29, 0.717) is 23.7 Å². The van der Waals surface area contributed by atoms with Gasteiger partial charge in [-0.2, -0.15) is 13.2 Å². The predicted octanol–water partition coefficient (Wildman–Crippen LogP) is 3.28. The number of aryl methyl sites for hydroxylation is 1. The summed E-state index contributed by atoms with van der Waals surface area (Å²) in [5.41, 5.74) is 2.02. The first-order valence-corrected chi connectivity index (χ1v) is 13.7. The average Bonchev–Trinajstić information content (AvgIpc) is 3.61. The molecule has 10 heteroatoms. The molecule has 0 bridgehead atoms. The largest absolute Gasteiger partial charge is 0.414 e. The molecule has 1 amide bonds. The van der Waals surface area contributed by atoms with Crippen LogP contribution in [-0.2, 0) is 16.0 Å². The zero-order valence-corrected chi connectivity index (χ0v) is 21.3. The molecule has 4 unspecified atom stereocenters. The lowest BCUT2D eigenvalue weighted by atomic mass is 9.88. The molecule has 204 valence electrons. The molecule has 6 rings (SSSR count). The minimum atomic E-state index is -4.45. The molecule has 5 aliphatic rings. The Morgan fingerprint density at radius 1 is 1.21 bits per heavy atom. The van der Waals surface area contributed by atoms with Crippen molar-refractivity contribution in [3.63, 3.8) is 0 Å². The van der Waals surface area contributed by atoms with Gasteiger partial charge in [-0.3, -0.25) is 19.7 Å². The van der Waals surface area contributed by atoms with Gasteiger partial charge < -0.3 is 15.4 Å². The van der Waals surface area contributed by atoms with Crippen molar-refractivity contribution in [1.29, 1.82) is 0 Å². The molecule has 0 radical (unpaired) electrons. The first-order chi connectivity index (χ1) is 18.3. The average molecular weight is 530 g/mol. The zero-order chi connectivity index (χ0) is 26.3. The second kappa shape index (κ2) is 10.4. The lowest BCUT2D eigenvalue weighted by molar-refractivity contribution is -0.120. The number of amidine groups is 1. The monoisotopic (exact) mass is 529 g/mol. The van der Waals surface area contributed by atoms with Crippen LogP contribution in [0.4, 0.5) is 13.2 Å². The van der Waals surface area contributed by atoms with E-state index in [1.54, 1.807) is 6.08 Å². The topological polar surface area (TPSA) is 78.9 Å². The number of nitrogens with one attached hydrogen (secondary N) is 2. The van der Waals surface area contributed by atoms with Gasteiger partial charge in [0.2, 0.25) is 5.91 Å². The van der Waals surface area contributed by atoms with E-state index in [0.717, 1.165) is 64.5 Å². The molecule has 0 aromatic carbocycles. The molecule has 38 heavy (non-hydrogen) atoms. The van der Waals surface area contributed by atoms with Gasteiger partial charge >= 0.3 is 6.18 Å². The number of allylic oxidation sites excluding steroid dienone is 2. The number of aliphatic imine (C=N–C) groups is 1. The summed E-state index contributed by atoms with van der Waals surface area (Å²) >= 11 is 0. The van der Waals surface area contributed by atoms with E-state index in [9.17, 15) is 18.0 Å². The second-order valence-corrected chi connectivity index (χ2v) is 11.1. The van der Waals surface area contributed by atoms with Gasteiger partial charge in [-0.1, -0.05) is 18.2 Å². The van der Waals surface area contributed by atoms with Gasteiger partial charge in [0.25, 0.3) is 0 Å². The highest BCUT2D eigenvalue weighted by Crippen LogP contribution is 2.40. The van der Waals surface area contributed by atoms with Crippen LogP contribution in [0.15, 0.2) is 47.3 Å². The Bertz CT molecular complexity index is 1140. The molecule has 1 aromatic rings. The van der Waals surface area contributed by atoms with Gasteiger partial charge in [-0.25, -0.2) is 0 Å². The van der Waals surface area contributed by atoms with Crippen molar-refractivity contribution < 1.29 is 22.7 Å². The highest BCUT2D eigenvalue weighted by molar-refractivity contribution is 6.01. The van der Waals surface area contributed by atoms with E-state index in [4.69, 9.17) is 4.74 Å². The highest BCUT2D eigenvalue weighted by atomic mass is 19.4. The number of hydrogen-bond donors (Lipinski definition) is 2. The van der Waals surface area contributed by atoms with Gasteiger partial charge in [-0.05, 0) is 61.1 Å². The third kappa shape index (κ3) is 5.25. The number of hydrogen-bond acceptors (Lipinski definition) is 6. The second-order valence-electron chi connectivity index (χ2n) is 11.1. The summed E-state index contributed by atoms with van der Waals surface area (Å²) in [5.74, 6) is 0.836. The summed E-state index contributed by atoms with van der Waals surface area (Å²) in [5, 5.41) is 6.26. The quantitative estimate of drug-likeness (QED) is 0.592. The number of pyridine rings is 1. The molecule has 4 heterocycles. The van der Waals surface area contributed by atoms with E-state index in [1.807, 2.05) is 12.4 Å². The molecule has 2 aliphatic carbocycles. The lowest BCUT2D eigenvalue weighted by Gasteiger charge is -2.31. The predicted molar refractivity (Wildman–Crippen MR) is 137 cm³/mol. The number of carbonyl (C=O) groups excluding carboxylic acids is 1. The molecular formula is C28H34F3N5O2. The van der Waals surface area contributed by atoms with Crippen LogP contribution in [-0.4, -0.2) is 78.3 Å². The number of nitrogens with zero attached hydrogens (tertiary/aromatic N) is 3. The molecular weight excluding hydrogens is 495 g/mol. The molecule has 2 N–H and O–H groups in total. The third-order valence-corrected chi connectivity index (χ3v) is 8.79. The van der Waals surface area contributed by atoms with Crippen molar-refractivity contribution in [2.24, 2.45) is 10.9 Å². The van der Waals surface area contributed by atoms with Crippen LogP contribution in [0.25, 0.3) is 0 Å². The number of alkyl halides is 3. The van der Waals surface area contributed by atoms with Crippen molar-refractivity contribution >= 4 is 11.7 Å². The van der Waals surface area contributed by atoms with Gasteiger partial charge in [0.15, 0.2) is 0 Å². The van der Waals surface area contributed by atoms with Crippen LogP contribution in [0.5, 0.6) is 0 Å². The maximum atomic E-state index is 13.4. The lowest BCUT2D eigenvalue weighted by Crippen LogP contribution is -2.44. The highest BCUT2D eigenvalue weighted by Gasteiger charge is 2.45. The van der Waals surface area contributed by atoms with Crippen molar-refractivity contribution in [3.8, 4) is 0 Å². The van der Waals surface area contributed by atoms with Crippen molar-refractivity contribution in [3.05, 3.63) is 53.4 Å². The number of rotatable bonds is 6. The summed E-state index contributed by atoms with van der Waals surface area (Å²) in [6.07, 6.45) is 8.62. The Labute approximate surface area is 220 Å². The van der Waals surface area contributed by atoms with E-state index in [-0.39, 0.29) is 18.4 Å². The number of fused-ring (bicyclic) bond motifs is 2. The maximum absolute atomic E-state index is 13.4. The standard InChI is InChI=1S/C28H34F3N5O2/c29-28(30,31)22-2-1-3-23-27(22)35-25(33-23)13-26(37)34-24-16-36(20-7-10-38-11-8-20)15-19(24)12-18-5-4-17-6-9-32-14-21(17)18/h1-3,6,9,14,18-20,23-24,27H,4-5,7-8,10-13,15-16H2,(H,33,35)(H,34,37)/t18?,19-,23?,24?,27?/m0/s1. The molecule has 1 aromatic heterocycles. The Morgan fingerprint density at radius 2 is 2.05 bits per heavy atom. The van der Waals surface area contributed by atoms with Crippen LogP contribution < -0.4 is 10.6 Å². The number of aromatic nitrogens is 1. The summed E-state index contributed by atoms with van der Waals surface area (Å²) < 4.78 is 45.9. The number of ether oxygens (including phenoxy) is 1. The molecule has 2 fully saturated rings. The van der Waals surface area contributed by atoms with Crippen molar-refractivity contribution in [2.45, 2.75) is 74.8 Å². The third-order valence-electron chi connectivity index (χ3n) is 8.79. The first kappa shape index (κ1) is 25.6. The fourth-order valence-electron chi connectivity index (χ4n) is 6.90. The number of halogens is 3. The van der Waals surface area contributed by atoms with E-state index in [1.165, 1.54) is 17.2 Å². The molecule has 7 nitrogen and oxygen atoms in total. The summed E-state index contributed by atoms with van der Waals surface area (Å²) in [6, 6.07) is 0.940. The number of amides is 1. The summed E-state index contributed by atoms with van der Waals surface area (Å²) in [7, 11) is 0. The van der Waals surface area contributed by atoms with Crippen LogP contribution >= 0.6 is 0 Å². The van der Waals surface area contributed by atoms with E-state index >= 15 is 0 Å². The molecule has 3 aliphatic heterocycles. The summed E-state index contributed by atoms with van der Waals surface area (Å²) in [4.78, 5) is 24.3. The Morgan fingerprint density at radius 3 is 2.87 bits per heavy atom. The van der Waals surface area contributed by atoms with Crippen molar-refractivity contribution in [2.75, 3.05) is 26.3 Å². The molecule has 2 saturated heterocycles. The van der Waals surface area contributed by atoms with Crippen LogP contribution in [0.1, 0.15) is 49.1 Å². The Kier molecular flexibility index (Phi) is 7.03. The summed E-state index contributed by atoms with van der Waals surface area (Å²) in [6.45, 7) is 3.24. The van der Waals surface area contributed by atoms with Crippen LogP contribution in [0.2, 0.25) is 0 Å². The van der Waals surface area contributed by atoms with Gasteiger partial charge in [0.05, 0.1) is 18.0 Å². The Hall–Kier alpha value is -2.72. The normalized spacial score (nSPS) is 31.4. The number of carbonyl (C=O) groups is 1. The van der Waals surface area contributed by atoms with Gasteiger partial charge in [-0.15, -0.1) is 0 Å². The van der Waals surface area contributed by atoms with Gasteiger partial charge in [0.1, 0.15) is 11.9 Å². The van der Waals surface area contributed by atoms with E-state index in [2.05, 4.69) is 31.6 Å².